The summed E-state index contributed by atoms with van der Waals surface area (Å²) in [6.45, 7) is -2.47. The van der Waals surface area contributed by atoms with E-state index in [2.05, 4.69) is 0 Å². The van der Waals surface area contributed by atoms with Crippen LogP contribution in [0, 0.1) is 0 Å². The number of ketones is 1. The third-order valence-corrected chi connectivity index (χ3v) is 6.04. The molecule has 5 rings (SSSR count). The van der Waals surface area contributed by atoms with Crippen molar-refractivity contribution in [3.8, 4) is 11.5 Å². The molecule has 1 saturated carbocycles. The Bertz CT molecular complexity index is 1010. The number of carbonyl (C=O) groups is 1. The fraction of sp³-hybridized carbons (Fsp3) is 0.611. The molecule has 2 bridgehead atoms. The molecular formula is C18H21NO4. The van der Waals surface area contributed by atoms with Crippen LogP contribution in [0.2, 0.25) is 0 Å². The Balaban J connectivity index is 1.80. The van der Waals surface area contributed by atoms with Gasteiger partial charge in [0.05, 0.1) is 22.2 Å². The number of aliphatic hydroxyl groups is 1. The van der Waals surface area contributed by atoms with Crippen LogP contribution in [-0.2, 0) is 16.6 Å². The maximum Gasteiger partial charge on any atom is 0.211 e. The third kappa shape index (κ3) is 1.32. The number of piperidine rings is 1. The quantitative estimate of drug-likeness (QED) is 0.881. The van der Waals surface area contributed by atoms with E-state index in [1.54, 1.807) is 6.07 Å². The molecule has 1 spiro atoms. The predicted octanol–water partition coefficient (Wildman–Crippen LogP) is 1.05. The molecule has 4 atom stereocenters. The topological polar surface area (TPSA) is 59.0 Å². The molecule has 2 fully saturated rings. The van der Waals surface area contributed by atoms with E-state index in [0.717, 1.165) is 0 Å². The summed E-state index contributed by atoms with van der Waals surface area (Å²) in [4.78, 5) is 14.5. The molecule has 4 aliphatic rings. The first kappa shape index (κ1) is 7.53. The summed E-state index contributed by atoms with van der Waals surface area (Å²) < 4.78 is 82.2. The highest BCUT2D eigenvalue weighted by molar-refractivity contribution is 5.90. The molecule has 2 heterocycles. The first-order chi connectivity index (χ1) is 14.7. The van der Waals surface area contributed by atoms with E-state index >= 15 is 0 Å². The van der Waals surface area contributed by atoms with Crippen LogP contribution in [0.25, 0.3) is 0 Å². The lowest BCUT2D eigenvalue weighted by molar-refractivity contribution is -0.185. The van der Waals surface area contributed by atoms with Crippen molar-refractivity contribution in [1.82, 2.24) is 4.90 Å². The van der Waals surface area contributed by atoms with Crippen molar-refractivity contribution < 1.29 is 30.3 Å². The van der Waals surface area contributed by atoms with Gasteiger partial charge in [0.1, 0.15) is 0 Å². The molecule has 1 unspecified atom stereocenters. The number of nitrogens with zero attached hydrogens (tertiary/aromatic N) is 1. The van der Waals surface area contributed by atoms with Gasteiger partial charge >= 0.3 is 0 Å². The summed E-state index contributed by atoms with van der Waals surface area (Å²) in [5.41, 5.74) is -1.93. The van der Waals surface area contributed by atoms with Gasteiger partial charge in [-0.3, -0.25) is 4.79 Å². The first-order valence-corrected chi connectivity index (χ1v) is 7.65. The van der Waals surface area contributed by atoms with Gasteiger partial charge in [-0.05, 0) is 44.4 Å². The number of benzene rings is 1. The lowest BCUT2D eigenvalue weighted by Gasteiger charge is -2.62. The van der Waals surface area contributed by atoms with Crippen molar-refractivity contribution in [2.45, 2.75) is 48.8 Å². The minimum atomic E-state index is -2.79. The molecule has 1 N–H and O–H groups in total. The number of Topliss-reactive ketones (excluding diaryl/α,β-unsaturated/α-hetero) is 1. The second-order valence-corrected chi connectivity index (χ2v) is 6.77. The van der Waals surface area contributed by atoms with Crippen LogP contribution >= 0.6 is 0 Å². The van der Waals surface area contributed by atoms with E-state index < -0.39 is 55.8 Å². The average Bonchev–Trinajstić information content (AvgIpc) is 2.99. The maximum absolute atomic E-state index is 13.2. The second-order valence-electron chi connectivity index (χ2n) is 6.77. The lowest BCUT2D eigenvalue weighted by Crippen LogP contribution is -2.76. The SMILES string of the molecule is [2H]O[C@@]12CC([2H])([2H])C(=O)C3Oc4c(OC([2H])([2H])[2H])ccc5c4[C@@]31CCN(C([2H])([2H])[2H])[C@@H]2C5. The number of carbonyl (C=O) groups excluding carboxylic acids is 1. The molecule has 1 aromatic carbocycles. The smallest absolute Gasteiger partial charge is 0.211 e. The lowest BCUT2D eigenvalue weighted by atomic mass is 9.49. The van der Waals surface area contributed by atoms with Crippen molar-refractivity contribution in [2.24, 2.45) is 0 Å². The molecule has 5 heteroatoms. The average molecular weight is 324 g/mol. The first-order valence-electron chi connectivity index (χ1n) is 12.1. The second kappa shape index (κ2) is 4.08. The van der Waals surface area contributed by atoms with Crippen LogP contribution in [0.15, 0.2) is 12.1 Å². The molecule has 122 valence electrons. The standard InChI is InChI=1S/C18H21NO4/c1-19-8-7-17-14-10-3-4-12(22-2)15(14)23-16(17)11(20)5-6-18(17,21)13(19)9-10/h3-4,13,16,21H,5-9H2,1-2H3/t13-,16?,17+,18-/m1/s1/i1D3,2D3,5D2,21D. The van der Waals surface area contributed by atoms with Gasteiger partial charge in [-0.1, -0.05) is 6.07 Å². The van der Waals surface area contributed by atoms with E-state index in [0.29, 0.717) is 11.1 Å². The summed E-state index contributed by atoms with van der Waals surface area (Å²) in [5, 5.41) is 5.29. The normalized spacial score (nSPS) is 49.6. The highest BCUT2D eigenvalue weighted by Gasteiger charge is 2.72. The fourth-order valence-corrected chi connectivity index (χ4v) is 5.06. The Labute approximate surface area is 147 Å². The summed E-state index contributed by atoms with van der Waals surface area (Å²) in [6.07, 6.45) is -4.17. The summed E-state index contributed by atoms with van der Waals surface area (Å²) in [5.74, 6) is -0.927. The van der Waals surface area contributed by atoms with Crippen LogP contribution in [-0.4, -0.2) is 55.5 Å². The molecule has 1 saturated heterocycles. The molecule has 2 aliphatic carbocycles. The van der Waals surface area contributed by atoms with E-state index in [-0.39, 0.29) is 30.9 Å². The van der Waals surface area contributed by atoms with Gasteiger partial charge in [-0.2, -0.15) is 0 Å². The summed E-state index contributed by atoms with van der Waals surface area (Å²) in [6, 6.07) is 2.10. The molecule has 23 heavy (non-hydrogen) atoms. The van der Waals surface area contributed by atoms with E-state index in [1.165, 1.54) is 11.0 Å². The zero-order valence-electron chi connectivity index (χ0n) is 21.2. The van der Waals surface area contributed by atoms with Gasteiger partial charge in [-0.15, -0.1) is 0 Å². The fourth-order valence-electron chi connectivity index (χ4n) is 5.06. The number of rotatable bonds is 2. The molecular weight excluding hydrogens is 294 g/mol. The van der Waals surface area contributed by atoms with Crippen molar-refractivity contribution >= 4 is 5.78 Å². The zero-order valence-corrected chi connectivity index (χ0v) is 12.2. The number of hydrogen-bond acceptors (Lipinski definition) is 5. The van der Waals surface area contributed by atoms with Crippen LogP contribution in [0.5, 0.6) is 11.5 Å². The molecule has 0 aromatic heterocycles. The van der Waals surface area contributed by atoms with Crippen molar-refractivity contribution in [2.75, 3.05) is 20.6 Å². The van der Waals surface area contributed by atoms with Gasteiger partial charge in [0.25, 0.3) is 0 Å². The van der Waals surface area contributed by atoms with Gasteiger partial charge in [-0.25, -0.2) is 0 Å². The Morgan fingerprint density at radius 2 is 2.52 bits per heavy atom. The van der Waals surface area contributed by atoms with Gasteiger partial charge in [0.15, 0.2) is 23.4 Å². The van der Waals surface area contributed by atoms with Crippen molar-refractivity contribution in [1.29, 1.82) is 1.43 Å². The number of likely N-dealkylation sites (tertiary alicyclic amines) is 1. The molecule has 0 amide bonds. The molecule has 1 aromatic rings. The summed E-state index contributed by atoms with van der Waals surface area (Å²) in [7, 11) is -2.79. The van der Waals surface area contributed by atoms with Crippen LogP contribution in [0.4, 0.5) is 0 Å². The minimum absolute atomic E-state index is 0.0249. The number of methoxy groups -OCH3 is 1. The monoisotopic (exact) mass is 324 g/mol. The van der Waals surface area contributed by atoms with Crippen molar-refractivity contribution in [3.63, 3.8) is 0 Å². The molecule has 0 radical (unpaired) electrons. The largest absolute Gasteiger partial charge is 0.493 e. The number of hydrogen-bond donors (Lipinski definition) is 1. The van der Waals surface area contributed by atoms with Crippen molar-refractivity contribution in [3.05, 3.63) is 23.3 Å². The Hall–Kier alpha value is -1.59. The molecule has 5 nitrogen and oxygen atoms in total. The van der Waals surface area contributed by atoms with Crippen LogP contribution in [0.3, 0.4) is 0 Å². The molecule has 2 aliphatic heterocycles. The Kier molecular flexibility index (Phi) is 1.34. The van der Waals surface area contributed by atoms with E-state index in [9.17, 15) is 4.79 Å². The van der Waals surface area contributed by atoms with Crippen LogP contribution < -0.4 is 9.47 Å². The maximum atomic E-state index is 13.2. The van der Waals surface area contributed by atoms with E-state index in [1.807, 2.05) is 0 Å². The highest BCUT2D eigenvalue weighted by Crippen LogP contribution is 2.64. The van der Waals surface area contributed by atoms with Crippen LogP contribution in [0.1, 0.15) is 41.3 Å². The minimum Gasteiger partial charge on any atom is -0.493 e. The van der Waals surface area contributed by atoms with Gasteiger partial charge in [0, 0.05) is 24.8 Å². The predicted molar refractivity (Wildman–Crippen MR) is 83.0 cm³/mol. The van der Waals surface area contributed by atoms with Gasteiger partial charge < -0.3 is 19.5 Å². The highest BCUT2D eigenvalue weighted by atomic mass is 16.5. The Morgan fingerprint density at radius 1 is 1.57 bits per heavy atom. The Morgan fingerprint density at radius 3 is 3.35 bits per heavy atom. The number of likely N-dealkylation sites (N-methyl/N-ethyl adjacent to an activating group) is 1. The van der Waals surface area contributed by atoms with Gasteiger partial charge in [0.2, 0.25) is 1.43 Å². The van der Waals surface area contributed by atoms with E-state index in [4.69, 9.17) is 27.0 Å². The number of ether oxygens (including phenoxy) is 2. The zero-order chi connectivity index (χ0) is 23.5. The summed E-state index contributed by atoms with van der Waals surface area (Å²) >= 11 is 0. The third-order valence-electron chi connectivity index (χ3n) is 6.04.